The average Bonchev–Trinajstić information content (AvgIpc) is 2.33. The van der Waals surface area contributed by atoms with Crippen LogP contribution in [0.2, 0.25) is 0 Å². The molecule has 0 aromatic rings. The first kappa shape index (κ1) is 16.9. The van der Waals surface area contributed by atoms with E-state index in [1.807, 2.05) is 0 Å². The number of sulfonamides is 1. The van der Waals surface area contributed by atoms with Crippen molar-refractivity contribution in [2.75, 3.05) is 25.4 Å². The average molecular weight is 290 g/mol. The van der Waals surface area contributed by atoms with Crippen molar-refractivity contribution in [1.29, 1.82) is 0 Å². The molecule has 0 aliphatic heterocycles. The van der Waals surface area contributed by atoms with Crippen LogP contribution < -0.4 is 10.0 Å². The molecule has 0 bridgehead atoms. The van der Waals surface area contributed by atoms with E-state index < -0.39 is 10.0 Å². The molecule has 1 saturated carbocycles. The van der Waals surface area contributed by atoms with Crippen molar-refractivity contribution in [2.45, 2.75) is 58.8 Å². The second kappa shape index (κ2) is 8.22. The molecule has 19 heavy (non-hydrogen) atoms. The van der Waals surface area contributed by atoms with Gasteiger partial charge in [0.1, 0.15) is 0 Å². The lowest BCUT2D eigenvalue weighted by molar-refractivity contribution is 0.133. The molecule has 0 amide bonds. The minimum absolute atomic E-state index is 0.260. The van der Waals surface area contributed by atoms with Gasteiger partial charge in [-0.2, -0.15) is 0 Å². The van der Waals surface area contributed by atoms with Gasteiger partial charge in [0.05, 0.1) is 5.75 Å². The molecule has 5 heteroatoms. The van der Waals surface area contributed by atoms with E-state index in [9.17, 15) is 8.42 Å². The molecule has 4 nitrogen and oxygen atoms in total. The molecule has 0 aromatic carbocycles. The van der Waals surface area contributed by atoms with Crippen LogP contribution in [-0.4, -0.2) is 33.8 Å². The normalized spacial score (nSPS) is 18.2. The van der Waals surface area contributed by atoms with Gasteiger partial charge in [-0.1, -0.05) is 20.3 Å². The molecule has 0 aromatic heterocycles. The summed E-state index contributed by atoms with van der Waals surface area (Å²) in [5, 5.41) is 3.29. The van der Waals surface area contributed by atoms with E-state index in [-0.39, 0.29) is 11.2 Å². The highest BCUT2D eigenvalue weighted by molar-refractivity contribution is 7.89. The third kappa shape index (κ3) is 6.23. The lowest BCUT2D eigenvalue weighted by Gasteiger charge is -2.41. The van der Waals surface area contributed by atoms with Gasteiger partial charge in [0.2, 0.25) is 10.0 Å². The summed E-state index contributed by atoms with van der Waals surface area (Å²) in [6, 6.07) is 0. The fraction of sp³-hybridized carbons (Fsp3) is 1.00. The van der Waals surface area contributed by atoms with Crippen LogP contribution in [0.15, 0.2) is 0 Å². The summed E-state index contributed by atoms with van der Waals surface area (Å²) in [4.78, 5) is 0. The third-order valence-corrected chi connectivity index (χ3v) is 5.68. The first-order valence-corrected chi connectivity index (χ1v) is 9.37. The summed E-state index contributed by atoms with van der Waals surface area (Å²) >= 11 is 0. The molecule has 2 N–H and O–H groups in total. The van der Waals surface area contributed by atoms with Crippen molar-refractivity contribution in [3.05, 3.63) is 0 Å². The molecule has 114 valence electrons. The molecule has 0 atom stereocenters. The Morgan fingerprint density at radius 3 is 2.37 bits per heavy atom. The fourth-order valence-corrected chi connectivity index (χ4v) is 3.77. The van der Waals surface area contributed by atoms with Crippen molar-refractivity contribution >= 4 is 10.0 Å². The molecule has 0 saturated heterocycles. The Bertz CT molecular complexity index is 332. The largest absolute Gasteiger partial charge is 0.317 e. The summed E-state index contributed by atoms with van der Waals surface area (Å²) in [5.41, 5.74) is 0.260. The zero-order chi connectivity index (χ0) is 14.2. The maximum atomic E-state index is 11.9. The monoisotopic (exact) mass is 290 g/mol. The Balaban J connectivity index is 2.14. The minimum Gasteiger partial charge on any atom is -0.317 e. The predicted molar refractivity (Wildman–Crippen MR) is 80.8 cm³/mol. The molecular formula is C14H30N2O2S. The van der Waals surface area contributed by atoms with E-state index in [1.165, 1.54) is 19.3 Å². The van der Waals surface area contributed by atoms with Gasteiger partial charge in [-0.25, -0.2) is 13.1 Å². The van der Waals surface area contributed by atoms with E-state index in [4.69, 9.17) is 0 Å². The van der Waals surface area contributed by atoms with Crippen molar-refractivity contribution in [3.63, 3.8) is 0 Å². The summed E-state index contributed by atoms with van der Waals surface area (Å²) in [6.45, 7) is 6.87. The number of rotatable bonds is 11. The minimum atomic E-state index is -3.07. The summed E-state index contributed by atoms with van der Waals surface area (Å²) < 4.78 is 26.6. The van der Waals surface area contributed by atoms with Gasteiger partial charge in [0.25, 0.3) is 0 Å². The van der Waals surface area contributed by atoms with E-state index >= 15 is 0 Å². The van der Waals surface area contributed by atoms with E-state index in [1.54, 1.807) is 0 Å². The standard InChI is InChI=1S/C14H30N2O2S/c1-3-10-15-11-5-6-12-19(17,18)16-13-14(4-2)8-7-9-14/h15-16H,3-13H2,1-2H3. The number of nitrogens with one attached hydrogen (secondary N) is 2. The molecule has 0 radical (unpaired) electrons. The Morgan fingerprint density at radius 2 is 1.84 bits per heavy atom. The van der Waals surface area contributed by atoms with Crippen molar-refractivity contribution < 1.29 is 8.42 Å². The lowest BCUT2D eigenvalue weighted by Crippen LogP contribution is -2.42. The van der Waals surface area contributed by atoms with Crippen molar-refractivity contribution in [3.8, 4) is 0 Å². The first-order valence-electron chi connectivity index (χ1n) is 7.72. The van der Waals surface area contributed by atoms with Crippen molar-refractivity contribution in [1.82, 2.24) is 10.0 Å². The Labute approximate surface area is 118 Å². The number of unbranched alkanes of at least 4 members (excludes halogenated alkanes) is 1. The van der Waals surface area contributed by atoms with Gasteiger partial charge in [0, 0.05) is 6.54 Å². The third-order valence-electron chi connectivity index (χ3n) is 4.27. The van der Waals surface area contributed by atoms with Crippen molar-refractivity contribution in [2.24, 2.45) is 5.41 Å². The molecule has 0 spiro atoms. The van der Waals surface area contributed by atoms with Crippen LogP contribution in [0.1, 0.15) is 58.8 Å². The SMILES string of the molecule is CCCNCCCCS(=O)(=O)NCC1(CC)CCC1. The van der Waals surface area contributed by atoms with Gasteiger partial charge >= 0.3 is 0 Å². The molecule has 0 unspecified atom stereocenters. The maximum Gasteiger partial charge on any atom is 0.211 e. The Morgan fingerprint density at radius 1 is 1.11 bits per heavy atom. The van der Waals surface area contributed by atoms with Gasteiger partial charge in [0.15, 0.2) is 0 Å². The van der Waals surface area contributed by atoms with Crippen LogP contribution in [0.5, 0.6) is 0 Å². The second-order valence-corrected chi connectivity index (χ2v) is 7.73. The zero-order valence-corrected chi connectivity index (χ0v) is 13.3. The van der Waals surface area contributed by atoms with Crippen LogP contribution in [0, 0.1) is 5.41 Å². The molecule has 0 heterocycles. The summed E-state index contributed by atoms with van der Waals surface area (Å²) in [6.07, 6.45) is 7.47. The molecule has 1 rings (SSSR count). The lowest BCUT2D eigenvalue weighted by atomic mass is 9.67. The number of hydrogen-bond acceptors (Lipinski definition) is 3. The topological polar surface area (TPSA) is 58.2 Å². The highest BCUT2D eigenvalue weighted by Crippen LogP contribution is 2.43. The summed E-state index contributed by atoms with van der Waals surface area (Å²) in [5.74, 6) is 0.264. The van der Waals surface area contributed by atoms with Crippen LogP contribution >= 0.6 is 0 Å². The van der Waals surface area contributed by atoms with E-state index in [0.29, 0.717) is 6.54 Å². The highest BCUT2D eigenvalue weighted by Gasteiger charge is 2.35. The molecular weight excluding hydrogens is 260 g/mol. The van der Waals surface area contributed by atoms with Crippen LogP contribution in [0.25, 0.3) is 0 Å². The predicted octanol–water partition coefficient (Wildman–Crippen LogP) is 2.27. The van der Waals surface area contributed by atoms with Crippen LogP contribution in [0.3, 0.4) is 0 Å². The smallest absolute Gasteiger partial charge is 0.211 e. The van der Waals surface area contributed by atoms with E-state index in [0.717, 1.165) is 38.8 Å². The summed E-state index contributed by atoms with van der Waals surface area (Å²) in [7, 11) is -3.07. The second-order valence-electron chi connectivity index (χ2n) is 5.80. The van der Waals surface area contributed by atoms with Crippen LogP contribution in [-0.2, 0) is 10.0 Å². The molecule has 1 aliphatic carbocycles. The Hall–Kier alpha value is -0.130. The van der Waals surface area contributed by atoms with Gasteiger partial charge in [-0.05, 0) is 57.0 Å². The zero-order valence-electron chi connectivity index (χ0n) is 12.5. The molecule has 1 fully saturated rings. The highest BCUT2D eigenvalue weighted by atomic mass is 32.2. The number of hydrogen-bond donors (Lipinski definition) is 2. The first-order chi connectivity index (χ1) is 9.04. The van der Waals surface area contributed by atoms with E-state index in [2.05, 4.69) is 23.9 Å². The fourth-order valence-electron chi connectivity index (χ4n) is 2.51. The molecule has 1 aliphatic rings. The van der Waals surface area contributed by atoms with Crippen LogP contribution in [0.4, 0.5) is 0 Å². The van der Waals surface area contributed by atoms with Gasteiger partial charge in [-0.15, -0.1) is 0 Å². The Kier molecular flexibility index (Phi) is 7.32. The van der Waals surface area contributed by atoms with Gasteiger partial charge in [-0.3, -0.25) is 0 Å². The quantitative estimate of drug-likeness (QED) is 0.574. The van der Waals surface area contributed by atoms with Gasteiger partial charge < -0.3 is 5.32 Å². The maximum absolute atomic E-state index is 11.9.